The molecule has 2 atom stereocenters. The van der Waals surface area contributed by atoms with E-state index >= 15 is 0 Å². The summed E-state index contributed by atoms with van der Waals surface area (Å²) in [5.74, 6) is 0. The van der Waals surface area contributed by atoms with Crippen molar-refractivity contribution in [2.75, 3.05) is 20.2 Å². The third kappa shape index (κ3) is 4.09. The fourth-order valence-electron chi connectivity index (χ4n) is 1.83. The summed E-state index contributed by atoms with van der Waals surface area (Å²) in [4.78, 5) is 0. The largest absolute Gasteiger partial charge is 0.396 e. The molecular formula is C13H21NO3. The highest BCUT2D eigenvalue weighted by atomic mass is 16.3. The van der Waals surface area contributed by atoms with E-state index in [1.54, 1.807) is 13.1 Å². The lowest BCUT2D eigenvalue weighted by molar-refractivity contribution is 0.0134. The lowest BCUT2D eigenvalue weighted by Crippen LogP contribution is -2.24. The zero-order valence-electron chi connectivity index (χ0n) is 10.1. The molecule has 0 heterocycles. The molecular weight excluding hydrogens is 218 g/mol. The third-order valence-electron chi connectivity index (χ3n) is 2.81. The van der Waals surface area contributed by atoms with Crippen LogP contribution in [0.4, 0.5) is 0 Å². The molecule has 0 aliphatic carbocycles. The zero-order valence-corrected chi connectivity index (χ0v) is 10.1. The van der Waals surface area contributed by atoms with Crippen molar-refractivity contribution < 1.29 is 15.3 Å². The molecule has 0 saturated heterocycles. The summed E-state index contributed by atoms with van der Waals surface area (Å²) in [6, 6.07) is 7.34. The maximum absolute atomic E-state index is 10.1. The molecule has 0 aromatic heterocycles. The van der Waals surface area contributed by atoms with Gasteiger partial charge in [-0.1, -0.05) is 24.3 Å². The first-order valence-electron chi connectivity index (χ1n) is 5.90. The topological polar surface area (TPSA) is 72.7 Å². The van der Waals surface area contributed by atoms with Crippen molar-refractivity contribution in [3.8, 4) is 0 Å². The predicted octanol–water partition coefficient (Wildman–Crippen LogP) is 0.225. The molecule has 17 heavy (non-hydrogen) atoms. The van der Waals surface area contributed by atoms with Crippen molar-refractivity contribution >= 4 is 0 Å². The molecule has 1 rings (SSSR count). The van der Waals surface area contributed by atoms with Gasteiger partial charge < -0.3 is 20.6 Å². The van der Waals surface area contributed by atoms with Crippen molar-refractivity contribution in [2.24, 2.45) is 0 Å². The molecule has 0 amide bonds. The maximum Gasteiger partial charge on any atom is 0.105 e. The van der Waals surface area contributed by atoms with E-state index in [-0.39, 0.29) is 6.61 Å². The van der Waals surface area contributed by atoms with E-state index in [0.717, 1.165) is 5.56 Å². The molecule has 2 unspecified atom stereocenters. The smallest absolute Gasteiger partial charge is 0.105 e. The number of nitrogens with one attached hydrogen (secondary N) is 1. The average molecular weight is 239 g/mol. The van der Waals surface area contributed by atoms with Crippen LogP contribution in [0.2, 0.25) is 0 Å². The third-order valence-corrected chi connectivity index (χ3v) is 2.81. The van der Waals surface area contributed by atoms with Gasteiger partial charge in [0.1, 0.15) is 6.10 Å². The Hall–Kier alpha value is -0.940. The minimum atomic E-state index is -0.897. The molecule has 96 valence electrons. The SMILES string of the molecule is CNCCC(O)C(O)c1ccccc1CCO. The van der Waals surface area contributed by atoms with Crippen LogP contribution in [-0.4, -0.2) is 41.6 Å². The van der Waals surface area contributed by atoms with E-state index in [9.17, 15) is 10.2 Å². The molecule has 0 aliphatic rings. The van der Waals surface area contributed by atoms with Gasteiger partial charge in [-0.25, -0.2) is 0 Å². The van der Waals surface area contributed by atoms with Crippen LogP contribution >= 0.6 is 0 Å². The van der Waals surface area contributed by atoms with Crippen molar-refractivity contribution in [1.29, 1.82) is 0 Å². The van der Waals surface area contributed by atoms with Gasteiger partial charge in [-0.3, -0.25) is 0 Å². The van der Waals surface area contributed by atoms with E-state index in [1.807, 2.05) is 18.2 Å². The van der Waals surface area contributed by atoms with Crippen molar-refractivity contribution in [3.05, 3.63) is 35.4 Å². The number of aliphatic hydroxyl groups is 3. The Kier molecular flexibility index (Phi) is 6.15. The lowest BCUT2D eigenvalue weighted by Gasteiger charge is -2.20. The van der Waals surface area contributed by atoms with Gasteiger partial charge >= 0.3 is 0 Å². The predicted molar refractivity (Wildman–Crippen MR) is 66.7 cm³/mol. The van der Waals surface area contributed by atoms with Crippen molar-refractivity contribution in [1.82, 2.24) is 5.32 Å². The minimum absolute atomic E-state index is 0.0380. The minimum Gasteiger partial charge on any atom is -0.396 e. The summed E-state index contributed by atoms with van der Waals surface area (Å²) < 4.78 is 0. The van der Waals surface area contributed by atoms with Gasteiger partial charge in [0, 0.05) is 6.61 Å². The molecule has 0 aliphatic heterocycles. The van der Waals surface area contributed by atoms with Crippen LogP contribution in [0, 0.1) is 0 Å². The van der Waals surface area contributed by atoms with E-state index in [0.29, 0.717) is 24.9 Å². The Bertz CT molecular complexity index is 330. The van der Waals surface area contributed by atoms with Gasteiger partial charge in [-0.05, 0) is 37.6 Å². The van der Waals surface area contributed by atoms with Crippen molar-refractivity contribution in [2.45, 2.75) is 25.0 Å². The normalized spacial score (nSPS) is 14.6. The fourth-order valence-corrected chi connectivity index (χ4v) is 1.83. The Morgan fingerprint density at radius 3 is 2.59 bits per heavy atom. The Morgan fingerprint density at radius 1 is 1.24 bits per heavy atom. The van der Waals surface area contributed by atoms with Crippen LogP contribution in [0.25, 0.3) is 0 Å². The van der Waals surface area contributed by atoms with Gasteiger partial charge in [0.25, 0.3) is 0 Å². The first-order chi connectivity index (χ1) is 8.20. The first kappa shape index (κ1) is 14.1. The van der Waals surface area contributed by atoms with Gasteiger partial charge in [-0.2, -0.15) is 0 Å². The molecule has 1 aromatic carbocycles. The summed E-state index contributed by atoms with van der Waals surface area (Å²) in [7, 11) is 1.80. The van der Waals surface area contributed by atoms with Gasteiger partial charge in [0.05, 0.1) is 6.10 Å². The molecule has 1 aromatic rings. The highest BCUT2D eigenvalue weighted by Gasteiger charge is 2.19. The van der Waals surface area contributed by atoms with E-state index < -0.39 is 12.2 Å². The number of hydrogen-bond acceptors (Lipinski definition) is 4. The lowest BCUT2D eigenvalue weighted by atomic mass is 9.95. The summed E-state index contributed by atoms with van der Waals surface area (Å²) in [5.41, 5.74) is 1.58. The number of hydrogen-bond donors (Lipinski definition) is 4. The van der Waals surface area contributed by atoms with Gasteiger partial charge in [0.2, 0.25) is 0 Å². The second-order valence-corrected chi connectivity index (χ2v) is 4.08. The summed E-state index contributed by atoms with van der Waals surface area (Å²) in [6.45, 7) is 0.691. The molecule has 0 spiro atoms. The van der Waals surface area contributed by atoms with E-state index in [4.69, 9.17) is 5.11 Å². The molecule has 4 N–H and O–H groups in total. The number of benzene rings is 1. The van der Waals surface area contributed by atoms with E-state index in [1.165, 1.54) is 0 Å². The highest BCUT2D eigenvalue weighted by molar-refractivity contribution is 5.30. The summed E-state index contributed by atoms with van der Waals surface area (Å²) in [5, 5.41) is 31.8. The Balaban J connectivity index is 2.76. The molecule has 0 fully saturated rings. The standard InChI is InChI=1S/C13H21NO3/c1-14-8-6-12(16)13(17)11-5-3-2-4-10(11)7-9-15/h2-5,12-17H,6-9H2,1H3. The van der Waals surface area contributed by atoms with Crippen LogP contribution in [-0.2, 0) is 6.42 Å². The number of aliphatic hydroxyl groups excluding tert-OH is 3. The van der Waals surface area contributed by atoms with Crippen molar-refractivity contribution in [3.63, 3.8) is 0 Å². The summed E-state index contributed by atoms with van der Waals surface area (Å²) in [6.07, 6.45) is -0.703. The van der Waals surface area contributed by atoms with Crippen LogP contribution in [0.1, 0.15) is 23.7 Å². The second kappa shape index (κ2) is 7.40. The van der Waals surface area contributed by atoms with E-state index in [2.05, 4.69) is 5.32 Å². The average Bonchev–Trinajstić information content (AvgIpc) is 2.36. The first-order valence-corrected chi connectivity index (χ1v) is 5.90. The van der Waals surface area contributed by atoms with Gasteiger partial charge in [-0.15, -0.1) is 0 Å². The molecule has 4 nitrogen and oxygen atoms in total. The van der Waals surface area contributed by atoms with Crippen LogP contribution in [0.15, 0.2) is 24.3 Å². The molecule has 0 saturated carbocycles. The fraction of sp³-hybridized carbons (Fsp3) is 0.538. The Labute approximate surface area is 102 Å². The highest BCUT2D eigenvalue weighted by Crippen LogP contribution is 2.22. The van der Waals surface area contributed by atoms with Gasteiger partial charge in [0.15, 0.2) is 0 Å². The van der Waals surface area contributed by atoms with Crippen LogP contribution in [0.5, 0.6) is 0 Å². The molecule has 4 heteroatoms. The Morgan fingerprint density at radius 2 is 1.94 bits per heavy atom. The quantitative estimate of drug-likeness (QED) is 0.549. The maximum atomic E-state index is 10.1. The van der Waals surface area contributed by atoms with Crippen LogP contribution < -0.4 is 5.32 Å². The number of rotatable bonds is 7. The molecule has 0 bridgehead atoms. The second-order valence-electron chi connectivity index (χ2n) is 4.08. The zero-order chi connectivity index (χ0) is 12.7. The van der Waals surface area contributed by atoms with Crippen LogP contribution in [0.3, 0.4) is 0 Å². The monoisotopic (exact) mass is 239 g/mol. The molecule has 0 radical (unpaired) electrons. The summed E-state index contributed by atoms with van der Waals surface area (Å²) >= 11 is 0.